The van der Waals surface area contributed by atoms with E-state index < -0.39 is 0 Å². The van der Waals surface area contributed by atoms with Crippen LogP contribution in [0.4, 0.5) is 0 Å². The Morgan fingerprint density at radius 3 is 2.26 bits per heavy atom. The zero-order valence-electron chi connectivity index (χ0n) is 24.5. The molecule has 1 heterocycles. The second kappa shape index (κ2) is 15.1. The molecule has 1 unspecified atom stereocenters. The van der Waals surface area contributed by atoms with E-state index in [4.69, 9.17) is 14.2 Å². The highest BCUT2D eigenvalue weighted by Crippen LogP contribution is 2.28. The van der Waals surface area contributed by atoms with E-state index in [2.05, 4.69) is 40.7 Å². The van der Waals surface area contributed by atoms with Crippen molar-refractivity contribution in [1.82, 2.24) is 9.80 Å². The molecule has 7 nitrogen and oxygen atoms in total. The Morgan fingerprint density at radius 2 is 1.68 bits per heavy atom. The predicted molar refractivity (Wildman–Crippen MR) is 154 cm³/mol. The molecule has 38 heavy (non-hydrogen) atoms. The molecule has 2 rings (SSSR count). The highest BCUT2D eigenvalue weighted by Gasteiger charge is 2.25. The standard InChI is InChI=1S/C30H46N2O5S/c1-22(19-30(3,4)5)17-28(33)32(14-15-35-6)21-29(34)31(20-27-23(2)12-16-38-27)13-11-24-9-10-25(36-7)26(18-24)37-8/h9-10,12,16,18,22H,11,13-15,17,19-21H2,1-8H3. The van der Waals surface area contributed by atoms with Gasteiger partial charge in [-0.05, 0) is 65.8 Å². The average molecular weight is 547 g/mol. The van der Waals surface area contributed by atoms with Crippen molar-refractivity contribution in [1.29, 1.82) is 0 Å². The molecule has 0 fully saturated rings. The maximum absolute atomic E-state index is 13.7. The zero-order chi connectivity index (χ0) is 28.3. The summed E-state index contributed by atoms with van der Waals surface area (Å²) in [7, 11) is 4.84. The van der Waals surface area contributed by atoms with Gasteiger partial charge >= 0.3 is 0 Å². The third-order valence-corrected chi connectivity index (χ3v) is 7.51. The van der Waals surface area contributed by atoms with Crippen molar-refractivity contribution >= 4 is 23.2 Å². The molecule has 2 amide bonds. The van der Waals surface area contributed by atoms with Gasteiger partial charge in [0.2, 0.25) is 11.8 Å². The van der Waals surface area contributed by atoms with Gasteiger partial charge < -0.3 is 24.0 Å². The maximum atomic E-state index is 13.7. The van der Waals surface area contributed by atoms with Crippen LogP contribution in [0.2, 0.25) is 0 Å². The van der Waals surface area contributed by atoms with E-state index in [1.54, 1.807) is 37.6 Å². The first-order valence-corrected chi connectivity index (χ1v) is 14.1. The highest BCUT2D eigenvalue weighted by atomic mass is 32.1. The van der Waals surface area contributed by atoms with Gasteiger partial charge in [-0.15, -0.1) is 11.3 Å². The minimum atomic E-state index is -0.0637. The van der Waals surface area contributed by atoms with Gasteiger partial charge in [0.15, 0.2) is 11.5 Å². The monoisotopic (exact) mass is 546 g/mol. The van der Waals surface area contributed by atoms with E-state index in [1.807, 2.05) is 28.5 Å². The van der Waals surface area contributed by atoms with Crippen LogP contribution in [0.15, 0.2) is 29.6 Å². The summed E-state index contributed by atoms with van der Waals surface area (Å²) in [5.41, 5.74) is 2.36. The van der Waals surface area contributed by atoms with Crippen LogP contribution in [-0.2, 0) is 27.3 Å². The Kier molecular flexibility index (Phi) is 12.6. The van der Waals surface area contributed by atoms with Crippen LogP contribution < -0.4 is 9.47 Å². The maximum Gasteiger partial charge on any atom is 0.242 e. The molecule has 212 valence electrons. The van der Waals surface area contributed by atoms with Crippen LogP contribution in [0, 0.1) is 18.3 Å². The molecule has 1 atom stereocenters. The first-order valence-electron chi connectivity index (χ1n) is 13.3. The largest absolute Gasteiger partial charge is 0.493 e. The topological polar surface area (TPSA) is 68.3 Å². The zero-order valence-corrected chi connectivity index (χ0v) is 25.3. The predicted octanol–water partition coefficient (Wildman–Crippen LogP) is 5.58. The number of methoxy groups -OCH3 is 3. The third-order valence-electron chi connectivity index (χ3n) is 6.50. The normalized spacial score (nSPS) is 12.2. The van der Waals surface area contributed by atoms with Crippen LogP contribution in [0.1, 0.15) is 56.5 Å². The summed E-state index contributed by atoms with van der Waals surface area (Å²) in [6.45, 7) is 12.6. The molecule has 0 aliphatic heterocycles. The number of hydrogen-bond acceptors (Lipinski definition) is 6. The molecule has 0 aliphatic carbocycles. The molecule has 0 saturated heterocycles. The number of hydrogen-bond donors (Lipinski definition) is 0. The summed E-state index contributed by atoms with van der Waals surface area (Å²) in [6.07, 6.45) is 2.02. The van der Waals surface area contributed by atoms with Crippen LogP contribution >= 0.6 is 11.3 Å². The van der Waals surface area contributed by atoms with Gasteiger partial charge in [0.25, 0.3) is 0 Å². The Balaban J connectivity index is 2.18. The van der Waals surface area contributed by atoms with E-state index >= 15 is 0 Å². The SMILES string of the molecule is COCCN(CC(=O)N(CCc1ccc(OC)c(OC)c1)Cc1sccc1C)C(=O)CC(C)CC(C)(C)C. The van der Waals surface area contributed by atoms with Crippen molar-refractivity contribution in [2.24, 2.45) is 11.3 Å². The van der Waals surface area contributed by atoms with E-state index in [-0.39, 0.29) is 29.7 Å². The second-order valence-electron chi connectivity index (χ2n) is 11.2. The molecule has 0 aliphatic rings. The summed E-state index contributed by atoms with van der Waals surface area (Å²) >= 11 is 1.65. The molecule has 1 aromatic heterocycles. The van der Waals surface area contributed by atoms with Crippen molar-refractivity contribution in [3.8, 4) is 11.5 Å². The smallest absolute Gasteiger partial charge is 0.242 e. The molecule has 0 N–H and O–H groups in total. The van der Waals surface area contributed by atoms with Crippen molar-refractivity contribution < 1.29 is 23.8 Å². The molecule has 1 aromatic carbocycles. The Morgan fingerprint density at radius 1 is 0.974 bits per heavy atom. The molecule has 0 saturated carbocycles. The van der Waals surface area contributed by atoms with Crippen molar-refractivity contribution in [2.75, 3.05) is 47.6 Å². The highest BCUT2D eigenvalue weighted by molar-refractivity contribution is 7.10. The summed E-state index contributed by atoms with van der Waals surface area (Å²) in [6, 6.07) is 7.89. The van der Waals surface area contributed by atoms with Crippen molar-refractivity contribution in [2.45, 2.75) is 60.4 Å². The van der Waals surface area contributed by atoms with Gasteiger partial charge in [-0.1, -0.05) is 33.8 Å². The number of aryl methyl sites for hydroxylation is 1. The fourth-order valence-electron chi connectivity index (χ4n) is 4.63. The first-order chi connectivity index (χ1) is 18.0. The quantitative estimate of drug-likeness (QED) is 0.292. The lowest BCUT2D eigenvalue weighted by molar-refractivity contribution is -0.142. The number of nitrogens with zero attached hydrogens (tertiary/aromatic N) is 2. The van der Waals surface area contributed by atoms with Crippen LogP contribution in [-0.4, -0.2) is 69.2 Å². The van der Waals surface area contributed by atoms with Gasteiger partial charge in [-0.3, -0.25) is 9.59 Å². The average Bonchev–Trinajstić information content (AvgIpc) is 3.26. The summed E-state index contributed by atoms with van der Waals surface area (Å²) in [5.74, 6) is 1.51. The van der Waals surface area contributed by atoms with Gasteiger partial charge in [0, 0.05) is 31.5 Å². The molecular formula is C30H46N2O5S. The number of benzene rings is 1. The Bertz CT molecular complexity index is 1030. The van der Waals surface area contributed by atoms with Gasteiger partial charge in [0.05, 0.1) is 33.9 Å². The molecule has 0 bridgehead atoms. The Labute approximate surface area is 233 Å². The van der Waals surface area contributed by atoms with Crippen LogP contribution in [0.5, 0.6) is 11.5 Å². The fourth-order valence-corrected chi connectivity index (χ4v) is 5.55. The van der Waals surface area contributed by atoms with Gasteiger partial charge in [0.1, 0.15) is 0 Å². The van der Waals surface area contributed by atoms with Crippen LogP contribution in [0.3, 0.4) is 0 Å². The third kappa shape index (κ3) is 10.3. The first kappa shape index (κ1) is 31.6. The molecule has 2 aromatic rings. The fraction of sp³-hybridized carbons (Fsp3) is 0.600. The minimum absolute atomic E-state index is 0.000653. The molecule has 0 radical (unpaired) electrons. The van der Waals surface area contributed by atoms with Crippen molar-refractivity contribution in [3.63, 3.8) is 0 Å². The number of carbonyl (C=O) groups is 2. The summed E-state index contributed by atoms with van der Waals surface area (Å²) in [5, 5.41) is 2.05. The molecule has 0 spiro atoms. The van der Waals surface area contributed by atoms with E-state index in [9.17, 15) is 9.59 Å². The van der Waals surface area contributed by atoms with Gasteiger partial charge in [-0.2, -0.15) is 0 Å². The number of ether oxygens (including phenoxy) is 3. The molecular weight excluding hydrogens is 500 g/mol. The lowest BCUT2D eigenvalue weighted by atomic mass is 9.84. The lowest BCUT2D eigenvalue weighted by Crippen LogP contribution is -2.44. The number of carbonyl (C=O) groups excluding carboxylic acids is 2. The lowest BCUT2D eigenvalue weighted by Gasteiger charge is -2.29. The van der Waals surface area contributed by atoms with E-state index in [0.717, 1.165) is 16.9 Å². The van der Waals surface area contributed by atoms with E-state index in [0.29, 0.717) is 50.6 Å². The second-order valence-corrected chi connectivity index (χ2v) is 12.2. The summed E-state index contributed by atoms with van der Waals surface area (Å²) < 4.78 is 16.1. The Hall–Kier alpha value is -2.58. The van der Waals surface area contributed by atoms with Crippen LogP contribution in [0.25, 0.3) is 0 Å². The number of rotatable bonds is 15. The molecule has 8 heteroatoms. The van der Waals surface area contributed by atoms with Crippen molar-refractivity contribution in [3.05, 3.63) is 45.6 Å². The number of amides is 2. The number of thiophene rings is 1. The van der Waals surface area contributed by atoms with Gasteiger partial charge in [-0.25, -0.2) is 0 Å². The summed E-state index contributed by atoms with van der Waals surface area (Å²) in [4.78, 5) is 31.6. The van der Waals surface area contributed by atoms with E-state index in [1.165, 1.54) is 5.56 Å². The minimum Gasteiger partial charge on any atom is -0.493 e.